The molecule has 0 N–H and O–H groups in total. The molecule has 0 saturated heterocycles. The first-order valence-corrected chi connectivity index (χ1v) is 9.96. The van der Waals surface area contributed by atoms with Crippen molar-refractivity contribution in [1.82, 2.24) is 0 Å². The van der Waals surface area contributed by atoms with Gasteiger partial charge in [-0.3, -0.25) is 0 Å². The minimum absolute atomic E-state index is 0.948. The van der Waals surface area contributed by atoms with Crippen LogP contribution in [-0.4, -0.2) is 0 Å². The Morgan fingerprint density at radius 3 is 1.28 bits per heavy atom. The maximum absolute atomic E-state index is 6.37. The summed E-state index contributed by atoms with van der Waals surface area (Å²) in [5, 5.41) is 12.5. The van der Waals surface area contributed by atoms with E-state index in [1.807, 2.05) is 0 Å². The first-order valence-electron chi connectivity index (χ1n) is 9.96. The summed E-state index contributed by atoms with van der Waals surface area (Å²) in [5.74, 6) is 0. The molecule has 0 atom stereocenters. The van der Waals surface area contributed by atoms with Crippen molar-refractivity contribution in [2.75, 3.05) is 0 Å². The SMILES string of the molecule is c1ccc2c(c1)ccc1ccc3oc4ccc5ccc6ccccc6c5c4c3c12. The van der Waals surface area contributed by atoms with Crippen molar-refractivity contribution in [3.8, 4) is 0 Å². The average molecular weight is 368 g/mol. The highest BCUT2D eigenvalue weighted by molar-refractivity contribution is 6.34. The van der Waals surface area contributed by atoms with Crippen LogP contribution in [0.25, 0.3) is 65.0 Å². The highest BCUT2D eigenvalue weighted by Crippen LogP contribution is 2.42. The molecular weight excluding hydrogens is 352 g/mol. The van der Waals surface area contributed by atoms with Gasteiger partial charge in [-0.2, -0.15) is 0 Å². The Hall–Kier alpha value is -3.84. The molecule has 1 heterocycles. The molecule has 0 aliphatic rings. The Kier molecular flexibility index (Phi) is 2.80. The van der Waals surface area contributed by atoms with Crippen molar-refractivity contribution in [1.29, 1.82) is 0 Å². The molecule has 7 aromatic rings. The molecule has 1 nitrogen and oxygen atoms in total. The molecule has 1 heteroatoms. The van der Waals surface area contributed by atoms with Crippen LogP contribution >= 0.6 is 0 Å². The maximum Gasteiger partial charge on any atom is 0.136 e. The average Bonchev–Trinajstić information content (AvgIpc) is 3.17. The number of hydrogen-bond donors (Lipinski definition) is 0. The Morgan fingerprint density at radius 2 is 0.759 bits per heavy atom. The lowest BCUT2D eigenvalue weighted by Gasteiger charge is -2.08. The second-order valence-corrected chi connectivity index (χ2v) is 7.75. The Morgan fingerprint density at radius 1 is 0.345 bits per heavy atom. The number of hydrogen-bond acceptors (Lipinski definition) is 1. The minimum Gasteiger partial charge on any atom is -0.456 e. The molecule has 0 saturated carbocycles. The second kappa shape index (κ2) is 5.36. The first-order chi connectivity index (χ1) is 14.4. The summed E-state index contributed by atoms with van der Waals surface area (Å²) in [4.78, 5) is 0. The first kappa shape index (κ1) is 15.1. The van der Waals surface area contributed by atoms with E-state index in [9.17, 15) is 0 Å². The number of rotatable bonds is 0. The Balaban J connectivity index is 1.88. The van der Waals surface area contributed by atoms with E-state index in [1.165, 1.54) is 53.9 Å². The molecular formula is C28H16O. The van der Waals surface area contributed by atoms with Crippen molar-refractivity contribution < 1.29 is 4.42 Å². The standard InChI is InChI=1S/C28H16O/c1-3-7-21-17(5-1)9-11-19-13-15-23-27(25(19)21)28-24(29-23)16-14-20-12-10-18-6-2-4-8-22(18)26(20)28/h1-16H. The predicted octanol–water partition coefficient (Wildman–Crippen LogP) is 8.20. The molecule has 6 aromatic carbocycles. The van der Waals surface area contributed by atoms with E-state index in [-0.39, 0.29) is 0 Å². The van der Waals surface area contributed by atoms with Crippen LogP contribution in [0.2, 0.25) is 0 Å². The fraction of sp³-hybridized carbons (Fsp3) is 0. The summed E-state index contributed by atoms with van der Waals surface area (Å²) in [6, 6.07) is 34.7. The van der Waals surface area contributed by atoms with E-state index in [2.05, 4.69) is 97.1 Å². The normalized spacial score (nSPS) is 12.1. The molecule has 1 aromatic heterocycles. The Labute approximate surface area is 166 Å². The van der Waals surface area contributed by atoms with Crippen LogP contribution in [0.1, 0.15) is 0 Å². The maximum atomic E-state index is 6.37. The zero-order chi connectivity index (χ0) is 18.9. The van der Waals surface area contributed by atoms with Crippen LogP contribution in [0.5, 0.6) is 0 Å². The van der Waals surface area contributed by atoms with Crippen LogP contribution in [-0.2, 0) is 0 Å². The molecule has 0 bridgehead atoms. The van der Waals surface area contributed by atoms with Gasteiger partial charge in [-0.25, -0.2) is 0 Å². The van der Waals surface area contributed by atoms with Gasteiger partial charge in [0.15, 0.2) is 0 Å². The van der Waals surface area contributed by atoms with Gasteiger partial charge in [-0.1, -0.05) is 84.9 Å². The fourth-order valence-corrected chi connectivity index (χ4v) is 4.94. The lowest BCUT2D eigenvalue weighted by atomic mass is 9.94. The van der Waals surface area contributed by atoms with Crippen molar-refractivity contribution in [3.63, 3.8) is 0 Å². The topological polar surface area (TPSA) is 13.1 Å². The molecule has 0 aliphatic carbocycles. The van der Waals surface area contributed by atoms with Gasteiger partial charge >= 0.3 is 0 Å². The van der Waals surface area contributed by atoms with E-state index >= 15 is 0 Å². The van der Waals surface area contributed by atoms with Gasteiger partial charge in [0.1, 0.15) is 11.2 Å². The van der Waals surface area contributed by atoms with Gasteiger partial charge in [0.25, 0.3) is 0 Å². The summed E-state index contributed by atoms with van der Waals surface area (Å²) in [6.45, 7) is 0. The highest BCUT2D eigenvalue weighted by Gasteiger charge is 2.16. The zero-order valence-electron chi connectivity index (χ0n) is 15.6. The summed E-state index contributed by atoms with van der Waals surface area (Å²) < 4.78 is 6.37. The summed E-state index contributed by atoms with van der Waals surface area (Å²) in [7, 11) is 0. The van der Waals surface area contributed by atoms with Crippen LogP contribution in [0.15, 0.2) is 101 Å². The summed E-state index contributed by atoms with van der Waals surface area (Å²) >= 11 is 0. The quantitative estimate of drug-likeness (QED) is 0.246. The molecule has 0 spiro atoms. The minimum atomic E-state index is 0.948. The van der Waals surface area contributed by atoms with Gasteiger partial charge in [-0.05, 0) is 44.5 Å². The largest absolute Gasteiger partial charge is 0.456 e. The van der Waals surface area contributed by atoms with Crippen LogP contribution in [0.3, 0.4) is 0 Å². The van der Waals surface area contributed by atoms with Gasteiger partial charge in [0, 0.05) is 21.5 Å². The van der Waals surface area contributed by atoms with Gasteiger partial charge < -0.3 is 4.42 Å². The summed E-state index contributed by atoms with van der Waals surface area (Å²) in [6.07, 6.45) is 0. The lowest BCUT2D eigenvalue weighted by molar-refractivity contribution is 0.669. The molecule has 0 radical (unpaired) electrons. The third kappa shape index (κ3) is 1.94. The predicted molar refractivity (Wildman–Crippen MR) is 124 cm³/mol. The van der Waals surface area contributed by atoms with Gasteiger partial charge in [-0.15, -0.1) is 0 Å². The lowest BCUT2D eigenvalue weighted by Crippen LogP contribution is -1.81. The molecule has 29 heavy (non-hydrogen) atoms. The zero-order valence-corrected chi connectivity index (χ0v) is 15.6. The number of fused-ring (bicyclic) bond motifs is 11. The van der Waals surface area contributed by atoms with E-state index in [0.717, 1.165) is 11.2 Å². The smallest absolute Gasteiger partial charge is 0.136 e. The highest BCUT2D eigenvalue weighted by atomic mass is 16.3. The molecule has 0 fully saturated rings. The van der Waals surface area contributed by atoms with Crippen molar-refractivity contribution in [2.24, 2.45) is 0 Å². The molecule has 0 aliphatic heterocycles. The van der Waals surface area contributed by atoms with Crippen LogP contribution in [0.4, 0.5) is 0 Å². The fourth-order valence-electron chi connectivity index (χ4n) is 4.94. The van der Waals surface area contributed by atoms with Crippen molar-refractivity contribution in [3.05, 3.63) is 97.1 Å². The Bertz CT molecular complexity index is 1620. The second-order valence-electron chi connectivity index (χ2n) is 7.75. The van der Waals surface area contributed by atoms with Gasteiger partial charge in [0.05, 0.1) is 0 Å². The van der Waals surface area contributed by atoms with E-state index < -0.39 is 0 Å². The number of benzene rings is 6. The third-order valence-corrected chi connectivity index (χ3v) is 6.21. The van der Waals surface area contributed by atoms with Crippen LogP contribution in [0, 0.1) is 0 Å². The molecule has 0 unspecified atom stereocenters. The van der Waals surface area contributed by atoms with Crippen molar-refractivity contribution in [2.45, 2.75) is 0 Å². The molecule has 134 valence electrons. The van der Waals surface area contributed by atoms with Crippen LogP contribution < -0.4 is 0 Å². The van der Waals surface area contributed by atoms with Gasteiger partial charge in [0.2, 0.25) is 0 Å². The van der Waals surface area contributed by atoms with E-state index in [4.69, 9.17) is 4.42 Å². The van der Waals surface area contributed by atoms with Crippen molar-refractivity contribution >= 4 is 65.0 Å². The van der Waals surface area contributed by atoms with E-state index in [0.29, 0.717) is 0 Å². The molecule has 0 amide bonds. The third-order valence-electron chi connectivity index (χ3n) is 6.21. The molecule has 7 rings (SSSR count). The number of furan rings is 1. The van der Waals surface area contributed by atoms with E-state index in [1.54, 1.807) is 0 Å². The summed E-state index contributed by atoms with van der Waals surface area (Å²) in [5.41, 5.74) is 1.90. The monoisotopic (exact) mass is 368 g/mol.